The van der Waals surface area contributed by atoms with Crippen molar-refractivity contribution in [1.29, 1.82) is 0 Å². The van der Waals surface area contributed by atoms with E-state index in [4.69, 9.17) is 16.3 Å². The highest BCUT2D eigenvalue weighted by molar-refractivity contribution is 6.34. The Labute approximate surface area is 153 Å². The molecule has 0 spiro atoms. The molecule has 0 bridgehead atoms. The number of benzene rings is 1. The maximum atomic E-state index is 12.2. The number of hydrogen-bond donors (Lipinski definition) is 0. The fraction of sp³-hybridized carbons (Fsp3) is 0.450. The Balaban J connectivity index is 1.93. The molecule has 0 aliphatic carbocycles. The second-order valence-corrected chi connectivity index (χ2v) is 6.78. The summed E-state index contributed by atoms with van der Waals surface area (Å²) < 4.78 is 5.71. The van der Waals surface area contributed by atoms with Crippen molar-refractivity contribution >= 4 is 29.2 Å². The van der Waals surface area contributed by atoms with Gasteiger partial charge in [0.05, 0.1) is 10.6 Å². The predicted octanol–water partition coefficient (Wildman–Crippen LogP) is 4.89. The molecule has 0 N–H and O–H groups in total. The molecule has 0 unspecified atom stereocenters. The molecule has 1 heterocycles. The van der Waals surface area contributed by atoms with Crippen LogP contribution in [0.2, 0.25) is 5.02 Å². The highest BCUT2D eigenvalue weighted by Crippen LogP contribution is 2.27. The third-order valence-corrected chi connectivity index (χ3v) is 4.48. The van der Waals surface area contributed by atoms with Gasteiger partial charge in [-0.3, -0.25) is 9.59 Å². The minimum atomic E-state index is -1.26. The topological polar surface area (TPSA) is 55.7 Å². The van der Waals surface area contributed by atoms with Crippen molar-refractivity contribution in [2.45, 2.75) is 58.0 Å². The fourth-order valence-electron chi connectivity index (χ4n) is 2.56. The zero-order chi connectivity index (χ0) is 18.3. The van der Waals surface area contributed by atoms with Crippen LogP contribution in [0.4, 0.5) is 0 Å². The Kier molecular flexibility index (Phi) is 6.94. The van der Waals surface area contributed by atoms with Crippen LogP contribution >= 0.6 is 11.6 Å². The molecule has 0 radical (unpaired) electrons. The summed E-state index contributed by atoms with van der Waals surface area (Å²) in [4.78, 5) is 28.1. The van der Waals surface area contributed by atoms with Crippen molar-refractivity contribution in [3.8, 4) is 0 Å². The minimum absolute atomic E-state index is 0.000294. The van der Waals surface area contributed by atoms with Gasteiger partial charge in [0.25, 0.3) is 5.91 Å². The van der Waals surface area contributed by atoms with Crippen LogP contribution in [-0.4, -0.2) is 23.2 Å². The van der Waals surface area contributed by atoms with Crippen molar-refractivity contribution in [3.63, 3.8) is 0 Å². The van der Waals surface area contributed by atoms with Crippen LogP contribution in [0.1, 0.15) is 57.9 Å². The van der Waals surface area contributed by atoms with E-state index < -0.39 is 11.5 Å². The SMILES string of the molecule is CCCCCCCC(=O)/C=C/[C@@]1(C)OC(c2ccccc2Cl)=NC1=O. The molecule has 4 nitrogen and oxygen atoms in total. The zero-order valence-electron chi connectivity index (χ0n) is 14.8. The lowest BCUT2D eigenvalue weighted by Gasteiger charge is -2.17. The van der Waals surface area contributed by atoms with Gasteiger partial charge in [-0.2, -0.15) is 4.99 Å². The number of carbonyl (C=O) groups excluding carboxylic acids is 2. The Bertz CT molecular complexity index is 696. The average Bonchev–Trinajstić information content (AvgIpc) is 2.89. The van der Waals surface area contributed by atoms with Gasteiger partial charge in [0.1, 0.15) is 0 Å². The van der Waals surface area contributed by atoms with Gasteiger partial charge in [0.15, 0.2) is 5.78 Å². The number of ether oxygens (including phenoxy) is 1. The Morgan fingerprint density at radius 1 is 1.24 bits per heavy atom. The smallest absolute Gasteiger partial charge is 0.296 e. The summed E-state index contributed by atoms with van der Waals surface area (Å²) >= 11 is 6.12. The molecule has 1 amide bonds. The molecule has 1 aliphatic heterocycles. The molecule has 0 saturated heterocycles. The van der Waals surface area contributed by atoms with E-state index in [0.717, 1.165) is 19.3 Å². The first kappa shape index (κ1) is 19.4. The number of nitrogens with zero attached hydrogens (tertiary/aromatic N) is 1. The number of allylic oxidation sites excluding steroid dienone is 1. The predicted molar refractivity (Wildman–Crippen MR) is 100 cm³/mol. The number of halogens is 1. The van der Waals surface area contributed by atoms with Gasteiger partial charge < -0.3 is 4.74 Å². The lowest BCUT2D eigenvalue weighted by Crippen LogP contribution is -2.31. The third-order valence-electron chi connectivity index (χ3n) is 4.15. The van der Waals surface area contributed by atoms with Crippen LogP contribution < -0.4 is 0 Å². The van der Waals surface area contributed by atoms with Crippen molar-refractivity contribution in [2.75, 3.05) is 0 Å². The molecule has 0 aromatic heterocycles. The molecule has 134 valence electrons. The number of carbonyl (C=O) groups is 2. The van der Waals surface area contributed by atoms with Crippen LogP contribution in [0, 0.1) is 0 Å². The van der Waals surface area contributed by atoms with E-state index in [1.54, 1.807) is 31.2 Å². The van der Waals surface area contributed by atoms with Gasteiger partial charge in [-0.05, 0) is 37.6 Å². The number of unbranched alkanes of at least 4 members (excludes halogenated alkanes) is 4. The quantitative estimate of drug-likeness (QED) is 0.465. The van der Waals surface area contributed by atoms with E-state index in [1.165, 1.54) is 25.0 Å². The van der Waals surface area contributed by atoms with E-state index in [0.29, 0.717) is 17.0 Å². The van der Waals surface area contributed by atoms with Gasteiger partial charge in [-0.1, -0.05) is 56.3 Å². The van der Waals surface area contributed by atoms with Crippen molar-refractivity contribution in [1.82, 2.24) is 0 Å². The molecule has 1 aliphatic rings. The maximum absolute atomic E-state index is 12.2. The van der Waals surface area contributed by atoms with Crippen molar-refractivity contribution in [3.05, 3.63) is 47.0 Å². The summed E-state index contributed by atoms with van der Waals surface area (Å²) in [6.45, 7) is 3.76. The summed E-state index contributed by atoms with van der Waals surface area (Å²) in [6, 6.07) is 7.04. The zero-order valence-corrected chi connectivity index (χ0v) is 15.5. The van der Waals surface area contributed by atoms with E-state index in [9.17, 15) is 9.59 Å². The van der Waals surface area contributed by atoms with Crippen LogP contribution in [0.25, 0.3) is 0 Å². The molecule has 5 heteroatoms. The van der Waals surface area contributed by atoms with Gasteiger partial charge in [0.2, 0.25) is 11.5 Å². The van der Waals surface area contributed by atoms with Crippen molar-refractivity contribution in [2.24, 2.45) is 4.99 Å². The fourth-order valence-corrected chi connectivity index (χ4v) is 2.78. The van der Waals surface area contributed by atoms with Crippen molar-refractivity contribution < 1.29 is 14.3 Å². The van der Waals surface area contributed by atoms with Crippen LogP contribution in [0.5, 0.6) is 0 Å². The average molecular weight is 362 g/mol. The monoisotopic (exact) mass is 361 g/mol. The number of hydrogen-bond acceptors (Lipinski definition) is 3. The number of aliphatic imine (C=N–C) groups is 1. The van der Waals surface area contributed by atoms with Crippen LogP contribution in [0.15, 0.2) is 41.4 Å². The minimum Gasteiger partial charge on any atom is -0.456 e. The normalized spacial score (nSPS) is 20.0. The standard InChI is InChI=1S/C20H24ClNO3/c1-3-4-5-6-7-10-15(23)13-14-20(2)19(24)22-18(25-20)16-11-8-9-12-17(16)21/h8-9,11-14H,3-7,10H2,1-2H3/b14-13+/t20-/m1/s1. The van der Waals surface area contributed by atoms with Crippen LogP contribution in [-0.2, 0) is 14.3 Å². The lowest BCUT2D eigenvalue weighted by atomic mass is 10.0. The second-order valence-electron chi connectivity index (χ2n) is 6.37. The number of amides is 1. The molecule has 1 aromatic rings. The molecule has 0 saturated carbocycles. The maximum Gasteiger partial charge on any atom is 0.296 e. The third kappa shape index (κ3) is 5.27. The molecule has 2 rings (SSSR count). The molecular weight excluding hydrogens is 338 g/mol. The molecular formula is C20H24ClNO3. The van der Waals surface area contributed by atoms with Gasteiger partial charge >= 0.3 is 0 Å². The molecule has 1 atom stereocenters. The number of ketones is 1. The largest absolute Gasteiger partial charge is 0.456 e. The summed E-state index contributed by atoms with van der Waals surface area (Å²) in [7, 11) is 0. The highest BCUT2D eigenvalue weighted by Gasteiger charge is 2.40. The van der Waals surface area contributed by atoms with Gasteiger partial charge in [-0.15, -0.1) is 0 Å². The molecule has 1 aromatic carbocycles. The first-order chi connectivity index (χ1) is 12.0. The first-order valence-electron chi connectivity index (χ1n) is 8.75. The van der Waals surface area contributed by atoms with E-state index in [-0.39, 0.29) is 11.7 Å². The second kappa shape index (κ2) is 8.95. The Hall–Kier alpha value is -1.94. The Morgan fingerprint density at radius 2 is 1.96 bits per heavy atom. The summed E-state index contributed by atoms with van der Waals surface area (Å²) in [5.74, 6) is -0.246. The Morgan fingerprint density at radius 3 is 2.68 bits per heavy atom. The molecule has 0 fully saturated rings. The van der Waals surface area contributed by atoms with Crippen LogP contribution in [0.3, 0.4) is 0 Å². The van der Waals surface area contributed by atoms with E-state index in [2.05, 4.69) is 11.9 Å². The van der Waals surface area contributed by atoms with Gasteiger partial charge in [0, 0.05) is 6.42 Å². The lowest BCUT2D eigenvalue weighted by molar-refractivity contribution is -0.126. The molecule has 25 heavy (non-hydrogen) atoms. The summed E-state index contributed by atoms with van der Waals surface area (Å²) in [5, 5.41) is 0.463. The number of rotatable bonds is 9. The van der Waals surface area contributed by atoms with E-state index >= 15 is 0 Å². The first-order valence-corrected chi connectivity index (χ1v) is 9.13. The summed E-state index contributed by atoms with van der Waals surface area (Å²) in [5.41, 5.74) is -0.691. The highest BCUT2D eigenvalue weighted by atomic mass is 35.5. The van der Waals surface area contributed by atoms with Gasteiger partial charge in [-0.25, -0.2) is 0 Å². The van der Waals surface area contributed by atoms with E-state index in [1.807, 2.05) is 0 Å². The summed E-state index contributed by atoms with van der Waals surface area (Å²) in [6.07, 6.45) is 8.88.